The van der Waals surface area contributed by atoms with Gasteiger partial charge in [0.25, 0.3) is 0 Å². The second-order valence-electron chi connectivity index (χ2n) is 4.20. The first-order valence-corrected chi connectivity index (χ1v) is 7.40. The van der Waals surface area contributed by atoms with Gasteiger partial charge in [0.15, 0.2) is 5.16 Å². The fourth-order valence-electron chi connectivity index (χ4n) is 1.79. The fraction of sp³-hybridized carbons (Fsp3) is 0.636. The normalized spacial score (nSPS) is 20.9. The van der Waals surface area contributed by atoms with E-state index in [1.165, 1.54) is 11.8 Å². The van der Waals surface area contributed by atoms with E-state index in [0.717, 1.165) is 32.1 Å². The van der Waals surface area contributed by atoms with E-state index in [2.05, 4.69) is 27.2 Å². The summed E-state index contributed by atoms with van der Waals surface area (Å²) in [5.74, 6) is 0.746. The van der Waals surface area contributed by atoms with Gasteiger partial charge < -0.3 is 15.0 Å². The van der Waals surface area contributed by atoms with Crippen LogP contribution in [0.1, 0.15) is 0 Å². The summed E-state index contributed by atoms with van der Waals surface area (Å²) >= 11 is 7.40. The fourth-order valence-corrected chi connectivity index (χ4v) is 2.40. The lowest BCUT2D eigenvalue weighted by molar-refractivity contribution is -0.0117. The molecule has 1 aliphatic heterocycles. The van der Waals surface area contributed by atoms with Gasteiger partial charge in [0.2, 0.25) is 0 Å². The van der Waals surface area contributed by atoms with Crippen molar-refractivity contribution in [3.8, 4) is 0 Å². The molecule has 5 nitrogen and oxygen atoms in total. The molecule has 0 saturated carbocycles. The maximum absolute atomic E-state index is 5.93. The van der Waals surface area contributed by atoms with E-state index >= 15 is 0 Å². The van der Waals surface area contributed by atoms with E-state index in [-0.39, 0.29) is 6.10 Å². The first-order valence-electron chi connectivity index (χ1n) is 5.80. The molecule has 1 aromatic heterocycles. The Morgan fingerprint density at radius 2 is 2.44 bits per heavy atom. The zero-order valence-electron chi connectivity index (χ0n) is 10.5. The highest BCUT2D eigenvalue weighted by molar-refractivity contribution is 7.98. The van der Waals surface area contributed by atoms with Gasteiger partial charge in [0.05, 0.1) is 12.7 Å². The Kier molecular flexibility index (Phi) is 5.05. The number of morpholine rings is 1. The molecule has 1 unspecified atom stereocenters. The Morgan fingerprint density at radius 1 is 1.61 bits per heavy atom. The van der Waals surface area contributed by atoms with Crippen molar-refractivity contribution in [2.75, 3.05) is 44.9 Å². The Hall–Kier alpha value is -0.560. The number of ether oxygens (including phenoxy) is 1. The van der Waals surface area contributed by atoms with E-state index in [4.69, 9.17) is 16.3 Å². The smallest absolute Gasteiger partial charge is 0.190 e. The van der Waals surface area contributed by atoms with Gasteiger partial charge in [-0.3, -0.25) is 0 Å². The minimum absolute atomic E-state index is 0.190. The minimum atomic E-state index is 0.190. The Bertz CT molecular complexity index is 407. The second-order valence-corrected chi connectivity index (χ2v) is 5.36. The maximum Gasteiger partial charge on any atom is 0.190 e. The number of hydrogen-bond donors (Lipinski definition) is 1. The van der Waals surface area contributed by atoms with Gasteiger partial charge in [0.1, 0.15) is 11.0 Å². The van der Waals surface area contributed by atoms with Crippen LogP contribution in [0.25, 0.3) is 0 Å². The van der Waals surface area contributed by atoms with Gasteiger partial charge >= 0.3 is 0 Å². The monoisotopic (exact) mass is 288 g/mol. The topological polar surface area (TPSA) is 50.3 Å². The third-order valence-corrected chi connectivity index (χ3v) is 3.45. The highest BCUT2D eigenvalue weighted by Crippen LogP contribution is 2.17. The highest BCUT2D eigenvalue weighted by atomic mass is 35.5. The van der Waals surface area contributed by atoms with Crippen LogP contribution in [0, 0.1) is 0 Å². The van der Waals surface area contributed by atoms with Crippen LogP contribution in [0.5, 0.6) is 0 Å². The maximum atomic E-state index is 5.93. The van der Waals surface area contributed by atoms with Crippen molar-refractivity contribution >= 4 is 29.2 Å². The van der Waals surface area contributed by atoms with Gasteiger partial charge in [-0.05, 0) is 13.3 Å². The lowest BCUT2D eigenvalue weighted by Gasteiger charge is -2.30. The molecule has 1 atom stereocenters. The first kappa shape index (κ1) is 13.9. The molecule has 1 saturated heterocycles. The Morgan fingerprint density at radius 3 is 3.17 bits per heavy atom. The molecule has 7 heteroatoms. The van der Waals surface area contributed by atoms with Crippen molar-refractivity contribution in [1.29, 1.82) is 0 Å². The largest absolute Gasteiger partial charge is 0.374 e. The van der Waals surface area contributed by atoms with Crippen LogP contribution in [-0.4, -0.2) is 60.5 Å². The Labute approximate surface area is 116 Å². The van der Waals surface area contributed by atoms with E-state index in [0.29, 0.717) is 10.3 Å². The van der Waals surface area contributed by atoms with Crippen molar-refractivity contribution in [3.05, 3.63) is 11.2 Å². The quantitative estimate of drug-likeness (QED) is 0.516. The van der Waals surface area contributed by atoms with E-state index in [1.54, 1.807) is 6.07 Å². The molecule has 0 amide bonds. The van der Waals surface area contributed by atoms with Gasteiger partial charge in [-0.1, -0.05) is 23.4 Å². The van der Waals surface area contributed by atoms with E-state index in [9.17, 15) is 0 Å². The van der Waals surface area contributed by atoms with Crippen molar-refractivity contribution in [1.82, 2.24) is 14.9 Å². The molecule has 0 spiro atoms. The average molecular weight is 289 g/mol. The summed E-state index contributed by atoms with van der Waals surface area (Å²) in [5, 5.41) is 4.38. The number of anilines is 1. The summed E-state index contributed by atoms with van der Waals surface area (Å²) < 4.78 is 5.67. The van der Waals surface area contributed by atoms with Crippen LogP contribution in [0.2, 0.25) is 5.15 Å². The number of nitrogens with one attached hydrogen (secondary N) is 1. The lowest BCUT2D eigenvalue weighted by atomic mass is 10.3. The molecule has 0 aromatic carbocycles. The van der Waals surface area contributed by atoms with Crippen molar-refractivity contribution < 1.29 is 4.74 Å². The molecule has 18 heavy (non-hydrogen) atoms. The molecule has 0 radical (unpaired) electrons. The number of thioether (sulfide) groups is 1. The van der Waals surface area contributed by atoms with Crippen LogP contribution >= 0.6 is 23.4 Å². The summed E-state index contributed by atoms with van der Waals surface area (Å²) in [6.45, 7) is 3.43. The van der Waals surface area contributed by atoms with Crippen LogP contribution in [0.3, 0.4) is 0 Å². The molecule has 2 rings (SSSR count). The van der Waals surface area contributed by atoms with Gasteiger partial charge in [-0.2, -0.15) is 0 Å². The molecular weight excluding hydrogens is 272 g/mol. The zero-order valence-corrected chi connectivity index (χ0v) is 12.1. The summed E-state index contributed by atoms with van der Waals surface area (Å²) in [6, 6.07) is 1.73. The highest BCUT2D eigenvalue weighted by Gasteiger charge is 2.17. The number of halogens is 1. The molecule has 100 valence electrons. The Balaban J connectivity index is 1.91. The van der Waals surface area contributed by atoms with Crippen LogP contribution in [0.15, 0.2) is 11.2 Å². The molecule has 1 aliphatic rings. The summed E-state index contributed by atoms with van der Waals surface area (Å²) in [4.78, 5) is 10.7. The van der Waals surface area contributed by atoms with Gasteiger partial charge in [0, 0.05) is 25.7 Å². The van der Waals surface area contributed by atoms with Crippen LogP contribution in [0.4, 0.5) is 5.82 Å². The minimum Gasteiger partial charge on any atom is -0.374 e. The number of nitrogens with zero attached hydrogens (tertiary/aromatic N) is 3. The third-order valence-electron chi connectivity index (χ3n) is 2.71. The predicted octanol–water partition coefficient (Wildman–Crippen LogP) is 1.59. The first-order chi connectivity index (χ1) is 8.67. The predicted molar refractivity (Wildman–Crippen MR) is 74.5 cm³/mol. The van der Waals surface area contributed by atoms with Crippen LogP contribution in [-0.2, 0) is 4.74 Å². The molecule has 1 aromatic rings. The second kappa shape index (κ2) is 6.56. The SMILES string of the molecule is CSc1nc(Cl)cc(NCC2CN(C)CCO2)n1. The van der Waals surface area contributed by atoms with Crippen molar-refractivity contribution in [2.45, 2.75) is 11.3 Å². The summed E-state index contributed by atoms with van der Waals surface area (Å²) in [6.07, 6.45) is 2.12. The number of hydrogen-bond acceptors (Lipinski definition) is 6. The molecule has 0 aliphatic carbocycles. The zero-order chi connectivity index (χ0) is 13.0. The third kappa shape index (κ3) is 3.98. The standard InChI is InChI=1S/C11H17ClN4OS/c1-16-3-4-17-8(7-16)6-13-10-5-9(12)14-11(15-10)18-2/h5,8H,3-4,6-7H2,1-2H3,(H,13,14,15). The molecule has 1 fully saturated rings. The van der Waals surface area contributed by atoms with E-state index < -0.39 is 0 Å². The number of rotatable bonds is 4. The number of likely N-dealkylation sites (N-methyl/N-ethyl adjacent to an activating group) is 1. The average Bonchev–Trinajstić information content (AvgIpc) is 2.36. The van der Waals surface area contributed by atoms with E-state index in [1.807, 2.05) is 6.26 Å². The number of aromatic nitrogens is 2. The van der Waals surface area contributed by atoms with Gasteiger partial charge in [-0.25, -0.2) is 9.97 Å². The summed E-state index contributed by atoms with van der Waals surface area (Å²) in [7, 11) is 2.10. The van der Waals surface area contributed by atoms with Crippen molar-refractivity contribution in [3.63, 3.8) is 0 Å². The summed E-state index contributed by atoms with van der Waals surface area (Å²) in [5.41, 5.74) is 0. The van der Waals surface area contributed by atoms with Crippen molar-refractivity contribution in [2.24, 2.45) is 0 Å². The lowest BCUT2D eigenvalue weighted by Crippen LogP contribution is -2.43. The molecule has 0 bridgehead atoms. The molecule has 2 heterocycles. The molecular formula is C11H17ClN4OS. The van der Waals surface area contributed by atoms with Crippen LogP contribution < -0.4 is 5.32 Å². The van der Waals surface area contributed by atoms with Gasteiger partial charge in [-0.15, -0.1) is 0 Å². The molecule has 1 N–H and O–H groups in total.